The van der Waals surface area contributed by atoms with Crippen molar-refractivity contribution in [3.8, 4) is 0 Å². The number of benzene rings is 1. The second kappa shape index (κ2) is 5.48. The summed E-state index contributed by atoms with van der Waals surface area (Å²) < 4.78 is 38.0. The van der Waals surface area contributed by atoms with Gasteiger partial charge >= 0.3 is 6.18 Å². The topological polar surface area (TPSA) is 40.5 Å². The zero-order valence-electron chi connectivity index (χ0n) is 8.45. The summed E-state index contributed by atoms with van der Waals surface area (Å²) in [6.45, 7) is 0. The Kier molecular flexibility index (Phi) is 4.71. The van der Waals surface area contributed by atoms with Gasteiger partial charge < -0.3 is 10.2 Å². The summed E-state index contributed by atoms with van der Waals surface area (Å²) in [5.74, 6) is -0.162. The van der Waals surface area contributed by atoms with E-state index in [0.717, 1.165) is 18.2 Å². The fraction of sp³-hybridized carbons (Fsp3) is 0.400. The van der Waals surface area contributed by atoms with E-state index in [1.165, 1.54) is 0 Å². The highest BCUT2D eigenvalue weighted by molar-refractivity contribution is 7.80. The minimum atomic E-state index is -4.61. The molecule has 96 valence electrons. The minimum absolute atomic E-state index is 0.0541. The normalized spacial score (nSPS) is 15.7. The van der Waals surface area contributed by atoms with E-state index in [9.17, 15) is 23.4 Å². The lowest BCUT2D eigenvalue weighted by molar-refractivity contribution is -0.139. The summed E-state index contributed by atoms with van der Waals surface area (Å²) in [7, 11) is 0. The first-order valence-corrected chi connectivity index (χ1v) is 5.62. The van der Waals surface area contributed by atoms with E-state index >= 15 is 0 Å². The highest BCUT2D eigenvalue weighted by atomic mass is 35.5. The van der Waals surface area contributed by atoms with Crippen LogP contribution in [0, 0.1) is 0 Å². The first-order chi connectivity index (χ1) is 7.77. The molecule has 0 aliphatic heterocycles. The highest BCUT2D eigenvalue weighted by Gasteiger charge is 2.36. The molecule has 7 heteroatoms. The van der Waals surface area contributed by atoms with Crippen LogP contribution in [0.4, 0.5) is 13.2 Å². The molecule has 0 aromatic heterocycles. The van der Waals surface area contributed by atoms with Crippen LogP contribution in [0.2, 0.25) is 5.02 Å². The molecule has 0 saturated heterocycles. The fourth-order valence-corrected chi connectivity index (χ4v) is 1.72. The molecular weight excluding hydrogens is 277 g/mol. The van der Waals surface area contributed by atoms with Gasteiger partial charge in [-0.25, -0.2) is 0 Å². The molecule has 0 aliphatic carbocycles. The van der Waals surface area contributed by atoms with Gasteiger partial charge in [-0.3, -0.25) is 0 Å². The van der Waals surface area contributed by atoms with E-state index < -0.39 is 29.5 Å². The van der Waals surface area contributed by atoms with Gasteiger partial charge in [-0.05, 0) is 23.8 Å². The van der Waals surface area contributed by atoms with Crippen molar-refractivity contribution in [1.82, 2.24) is 0 Å². The predicted molar refractivity (Wildman–Crippen MR) is 61.3 cm³/mol. The van der Waals surface area contributed by atoms with Gasteiger partial charge in [0.2, 0.25) is 0 Å². The Hall–Kier alpha value is -0.430. The smallest absolute Gasteiger partial charge is 0.389 e. The maximum atomic E-state index is 12.7. The van der Waals surface area contributed by atoms with Gasteiger partial charge in [0.05, 0.1) is 11.7 Å². The lowest BCUT2D eigenvalue weighted by Crippen LogP contribution is -2.23. The molecule has 0 saturated carbocycles. The molecule has 2 nitrogen and oxygen atoms in total. The SMILES string of the molecule is OC(CS)C(O)c1cc(Cl)ccc1C(F)(F)F. The van der Waals surface area contributed by atoms with Gasteiger partial charge in [-0.1, -0.05) is 11.6 Å². The standard InChI is InChI=1S/C10H10ClF3O2S/c11-5-1-2-7(10(12,13)14)6(3-5)9(16)8(15)4-17/h1-3,8-9,15-17H,4H2. The van der Waals surface area contributed by atoms with Gasteiger partial charge in [-0.2, -0.15) is 25.8 Å². The van der Waals surface area contributed by atoms with Gasteiger partial charge in [0.1, 0.15) is 6.10 Å². The van der Waals surface area contributed by atoms with Crippen LogP contribution in [0.5, 0.6) is 0 Å². The van der Waals surface area contributed by atoms with Crippen molar-refractivity contribution in [2.45, 2.75) is 18.4 Å². The summed E-state index contributed by atoms with van der Waals surface area (Å²) >= 11 is 9.29. The molecule has 0 amide bonds. The average molecular weight is 287 g/mol. The van der Waals surface area contributed by atoms with Gasteiger partial charge in [0.25, 0.3) is 0 Å². The Balaban J connectivity index is 3.25. The summed E-state index contributed by atoms with van der Waals surface area (Å²) in [6.07, 6.45) is -7.68. The molecule has 0 bridgehead atoms. The monoisotopic (exact) mass is 286 g/mol. The molecule has 1 aromatic carbocycles. The molecule has 17 heavy (non-hydrogen) atoms. The molecule has 2 atom stereocenters. The third-order valence-corrected chi connectivity index (χ3v) is 2.80. The molecule has 2 unspecified atom stereocenters. The maximum absolute atomic E-state index is 12.7. The number of aliphatic hydroxyl groups is 2. The Bertz CT molecular complexity index is 398. The number of thiol groups is 1. The quantitative estimate of drug-likeness (QED) is 0.748. The minimum Gasteiger partial charge on any atom is -0.389 e. The summed E-state index contributed by atoms with van der Waals surface area (Å²) in [5, 5.41) is 19.0. The Morgan fingerprint density at radius 1 is 1.29 bits per heavy atom. The van der Waals surface area contributed by atoms with Crippen LogP contribution >= 0.6 is 24.2 Å². The number of halogens is 4. The molecule has 0 spiro atoms. The van der Waals surface area contributed by atoms with Crippen LogP contribution in [0.15, 0.2) is 18.2 Å². The second-order valence-corrected chi connectivity index (χ2v) is 4.23. The Morgan fingerprint density at radius 3 is 2.35 bits per heavy atom. The molecule has 0 aliphatic rings. The van der Waals surface area contributed by atoms with Crippen molar-refractivity contribution in [3.05, 3.63) is 34.3 Å². The summed E-state index contributed by atoms with van der Waals surface area (Å²) in [5.41, 5.74) is -1.47. The van der Waals surface area contributed by atoms with Crippen molar-refractivity contribution in [3.63, 3.8) is 0 Å². The second-order valence-electron chi connectivity index (χ2n) is 3.42. The third-order valence-electron chi connectivity index (χ3n) is 2.19. The number of aliphatic hydroxyl groups excluding tert-OH is 2. The third kappa shape index (κ3) is 3.51. The van der Waals surface area contributed by atoms with Gasteiger partial charge in [0, 0.05) is 10.8 Å². The van der Waals surface area contributed by atoms with E-state index in [4.69, 9.17) is 11.6 Å². The van der Waals surface area contributed by atoms with Crippen LogP contribution in [0.1, 0.15) is 17.2 Å². The van der Waals surface area contributed by atoms with Gasteiger partial charge in [-0.15, -0.1) is 0 Å². The van der Waals surface area contributed by atoms with E-state index in [1.807, 2.05) is 0 Å². The van der Waals surface area contributed by atoms with Crippen molar-refractivity contribution >= 4 is 24.2 Å². The van der Waals surface area contributed by atoms with Crippen molar-refractivity contribution in [2.24, 2.45) is 0 Å². The van der Waals surface area contributed by atoms with Crippen LogP contribution in [0.25, 0.3) is 0 Å². The van der Waals surface area contributed by atoms with Gasteiger partial charge in [0.15, 0.2) is 0 Å². The van der Waals surface area contributed by atoms with E-state index in [1.54, 1.807) is 0 Å². The fourth-order valence-electron chi connectivity index (χ4n) is 1.34. The molecule has 0 heterocycles. The van der Waals surface area contributed by atoms with E-state index in [2.05, 4.69) is 12.6 Å². The Labute approximate surface area is 106 Å². The molecule has 1 aromatic rings. The lowest BCUT2D eigenvalue weighted by Gasteiger charge is -2.21. The lowest BCUT2D eigenvalue weighted by atomic mass is 9.99. The van der Waals surface area contributed by atoms with E-state index in [-0.39, 0.29) is 10.8 Å². The van der Waals surface area contributed by atoms with Crippen molar-refractivity contribution in [2.75, 3.05) is 5.75 Å². The molecule has 0 fully saturated rings. The average Bonchev–Trinajstić information content (AvgIpc) is 2.25. The highest BCUT2D eigenvalue weighted by Crippen LogP contribution is 2.36. The van der Waals surface area contributed by atoms with Crippen LogP contribution < -0.4 is 0 Å². The van der Waals surface area contributed by atoms with E-state index in [0.29, 0.717) is 0 Å². The maximum Gasteiger partial charge on any atom is 0.416 e. The summed E-state index contributed by atoms with van der Waals surface area (Å²) in [4.78, 5) is 0. The molecule has 2 N–H and O–H groups in total. The first kappa shape index (κ1) is 14.6. The van der Waals surface area contributed by atoms with Crippen molar-refractivity contribution < 1.29 is 23.4 Å². The number of hydrogen-bond acceptors (Lipinski definition) is 3. The number of rotatable bonds is 3. The van der Waals surface area contributed by atoms with Crippen LogP contribution in [-0.2, 0) is 6.18 Å². The molecule has 1 rings (SSSR count). The number of hydrogen-bond donors (Lipinski definition) is 3. The summed E-state index contributed by atoms with van der Waals surface area (Å²) in [6, 6.07) is 2.83. The zero-order valence-corrected chi connectivity index (χ0v) is 10.1. The number of alkyl halides is 3. The van der Waals surface area contributed by atoms with Crippen LogP contribution in [0.3, 0.4) is 0 Å². The Morgan fingerprint density at radius 2 is 1.88 bits per heavy atom. The van der Waals surface area contributed by atoms with Crippen LogP contribution in [-0.4, -0.2) is 22.1 Å². The molecular formula is C10H10ClF3O2S. The zero-order chi connectivity index (χ0) is 13.2. The molecule has 0 radical (unpaired) electrons. The first-order valence-electron chi connectivity index (χ1n) is 4.61. The van der Waals surface area contributed by atoms with Crippen molar-refractivity contribution in [1.29, 1.82) is 0 Å². The predicted octanol–water partition coefficient (Wildman–Crippen LogP) is 2.68. The largest absolute Gasteiger partial charge is 0.416 e.